The second-order valence-corrected chi connectivity index (χ2v) is 5.61. The highest BCUT2D eigenvalue weighted by Gasteiger charge is 2.22. The summed E-state index contributed by atoms with van der Waals surface area (Å²) in [6, 6.07) is 7.27. The number of nitrogens with zero attached hydrogens (tertiary/aromatic N) is 4. The van der Waals surface area contributed by atoms with Gasteiger partial charge in [-0.3, -0.25) is 4.68 Å². The van der Waals surface area contributed by atoms with Crippen LogP contribution in [0.2, 0.25) is 0 Å². The fourth-order valence-electron chi connectivity index (χ4n) is 3.12. The second kappa shape index (κ2) is 5.21. The van der Waals surface area contributed by atoms with Crippen LogP contribution >= 0.6 is 0 Å². The van der Waals surface area contributed by atoms with Crippen molar-refractivity contribution >= 4 is 11.0 Å². The molecule has 0 unspecified atom stereocenters. The molecule has 0 atom stereocenters. The van der Waals surface area contributed by atoms with E-state index >= 15 is 0 Å². The van der Waals surface area contributed by atoms with Gasteiger partial charge in [-0.15, -0.1) is 0 Å². The summed E-state index contributed by atoms with van der Waals surface area (Å²) < 4.78 is 23.3. The Morgan fingerprint density at radius 2 is 2.05 bits per heavy atom. The molecule has 1 fully saturated rings. The summed E-state index contributed by atoms with van der Waals surface area (Å²) >= 11 is 0. The number of rotatable bonds is 2. The molecule has 1 aliphatic rings. The molecule has 0 spiro atoms. The number of halogens is 1. The van der Waals surface area contributed by atoms with Crippen LogP contribution in [0.4, 0.5) is 4.39 Å². The van der Waals surface area contributed by atoms with Crippen LogP contribution in [-0.4, -0.2) is 32.5 Å². The summed E-state index contributed by atoms with van der Waals surface area (Å²) in [7, 11) is 1.91. The van der Waals surface area contributed by atoms with Gasteiger partial charge in [0.1, 0.15) is 11.2 Å². The lowest BCUT2D eigenvalue weighted by molar-refractivity contribution is 0.0667. The van der Waals surface area contributed by atoms with Crippen molar-refractivity contribution < 1.29 is 9.13 Å². The zero-order valence-electron chi connectivity index (χ0n) is 12.4. The molecule has 3 heterocycles. The summed E-state index contributed by atoms with van der Waals surface area (Å²) in [5.41, 5.74) is 2.11. The van der Waals surface area contributed by atoms with Gasteiger partial charge in [-0.25, -0.2) is 9.37 Å². The van der Waals surface area contributed by atoms with Crippen LogP contribution in [0.15, 0.2) is 30.5 Å². The van der Waals surface area contributed by atoms with Gasteiger partial charge in [0.15, 0.2) is 11.6 Å². The van der Waals surface area contributed by atoms with Crippen molar-refractivity contribution in [2.75, 3.05) is 13.2 Å². The predicted octanol–water partition coefficient (Wildman–Crippen LogP) is 2.93. The Morgan fingerprint density at radius 1 is 1.23 bits per heavy atom. The molecule has 1 aromatic carbocycles. The van der Waals surface area contributed by atoms with E-state index in [0.717, 1.165) is 43.1 Å². The first-order valence-electron chi connectivity index (χ1n) is 7.48. The zero-order chi connectivity index (χ0) is 15.1. The average Bonchev–Trinajstić information content (AvgIpc) is 3.14. The lowest BCUT2D eigenvalue weighted by Crippen LogP contribution is -2.21. The number of aromatic nitrogens is 4. The van der Waals surface area contributed by atoms with Crippen LogP contribution in [0, 0.1) is 5.82 Å². The van der Waals surface area contributed by atoms with E-state index < -0.39 is 0 Å². The number of aryl methyl sites for hydroxylation is 1. The molecule has 6 heteroatoms. The number of benzene rings is 1. The molecule has 4 rings (SSSR count). The maximum Gasteiger partial charge on any atom is 0.159 e. The summed E-state index contributed by atoms with van der Waals surface area (Å²) in [5, 5.41) is 4.46. The molecule has 5 nitrogen and oxygen atoms in total. The van der Waals surface area contributed by atoms with Crippen LogP contribution in [0.1, 0.15) is 18.9 Å². The Balaban J connectivity index is 1.84. The number of ether oxygens (including phenoxy) is 1. The molecule has 3 aromatic rings. The van der Waals surface area contributed by atoms with E-state index in [4.69, 9.17) is 4.74 Å². The molecular weight excluding hydrogens is 283 g/mol. The third kappa shape index (κ3) is 2.02. The average molecular weight is 300 g/mol. The molecule has 0 bridgehead atoms. The van der Waals surface area contributed by atoms with Crippen LogP contribution in [0.3, 0.4) is 0 Å². The molecule has 1 saturated heterocycles. The van der Waals surface area contributed by atoms with Crippen LogP contribution in [0.25, 0.3) is 22.6 Å². The first-order chi connectivity index (χ1) is 10.8. The molecule has 1 aliphatic heterocycles. The Bertz CT molecular complexity index is 817. The van der Waals surface area contributed by atoms with Gasteiger partial charge in [-0.05, 0) is 31.0 Å². The molecular formula is C16H17FN4O. The minimum atomic E-state index is -0.295. The van der Waals surface area contributed by atoms with Gasteiger partial charge in [0.05, 0.1) is 11.6 Å². The van der Waals surface area contributed by atoms with Crippen molar-refractivity contribution in [1.82, 2.24) is 19.3 Å². The van der Waals surface area contributed by atoms with E-state index in [2.05, 4.69) is 10.1 Å². The highest BCUT2D eigenvalue weighted by Crippen LogP contribution is 2.29. The molecule has 0 amide bonds. The standard InChI is InChI=1S/C16H17FN4O/c1-20-13-4-2-3-12(17)15(13)19-16(20)14-5-8-18-21(14)11-6-9-22-10-7-11/h2-5,8,11H,6-7,9-10H2,1H3. The number of imidazole rings is 1. The first kappa shape index (κ1) is 13.5. The van der Waals surface area contributed by atoms with Gasteiger partial charge in [0.2, 0.25) is 0 Å². The number of para-hydroxylation sites is 1. The van der Waals surface area contributed by atoms with E-state index in [9.17, 15) is 4.39 Å². The van der Waals surface area contributed by atoms with Gasteiger partial charge < -0.3 is 9.30 Å². The summed E-state index contributed by atoms with van der Waals surface area (Å²) in [6.45, 7) is 1.50. The van der Waals surface area contributed by atoms with E-state index in [-0.39, 0.29) is 5.82 Å². The SMILES string of the molecule is Cn1c(-c2ccnn2C2CCOCC2)nc2c(F)cccc21. The fraction of sp³-hybridized carbons (Fsp3) is 0.375. The quantitative estimate of drug-likeness (QED) is 0.731. The van der Waals surface area contributed by atoms with Crippen molar-refractivity contribution in [3.63, 3.8) is 0 Å². The van der Waals surface area contributed by atoms with Crippen molar-refractivity contribution in [3.05, 3.63) is 36.3 Å². The molecule has 0 aliphatic carbocycles. The Morgan fingerprint density at radius 3 is 2.82 bits per heavy atom. The van der Waals surface area contributed by atoms with Gasteiger partial charge >= 0.3 is 0 Å². The Labute approximate surface area is 127 Å². The summed E-state index contributed by atoms with van der Waals surface area (Å²) in [6.07, 6.45) is 3.65. The summed E-state index contributed by atoms with van der Waals surface area (Å²) in [4.78, 5) is 4.51. The maximum absolute atomic E-state index is 14.0. The third-order valence-corrected chi connectivity index (χ3v) is 4.30. The Hall–Kier alpha value is -2.21. The largest absolute Gasteiger partial charge is 0.381 e. The molecule has 0 saturated carbocycles. The maximum atomic E-state index is 14.0. The minimum absolute atomic E-state index is 0.295. The van der Waals surface area contributed by atoms with E-state index in [1.165, 1.54) is 6.07 Å². The van der Waals surface area contributed by atoms with Crippen molar-refractivity contribution in [3.8, 4) is 11.5 Å². The number of hydrogen-bond acceptors (Lipinski definition) is 3. The zero-order valence-corrected chi connectivity index (χ0v) is 12.4. The van der Waals surface area contributed by atoms with Gasteiger partial charge in [0, 0.05) is 26.5 Å². The van der Waals surface area contributed by atoms with Gasteiger partial charge in [-0.1, -0.05) is 6.07 Å². The van der Waals surface area contributed by atoms with E-state index in [1.807, 2.05) is 28.4 Å². The molecule has 0 radical (unpaired) electrons. The number of fused-ring (bicyclic) bond motifs is 1. The van der Waals surface area contributed by atoms with Crippen molar-refractivity contribution in [1.29, 1.82) is 0 Å². The summed E-state index contributed by atoms with van der Waals surface area (Å²) in [5.74, 6) is 0.445. The lowest BCUT2D eigenvalue weighted by atomic mass is 10.1. The highest BCUT2D eigenvalue weighted by molar-refractivity contribution is 5.80. The van der Waals surface area contributed by atoms with Gasteiger partial charge in [-0.2, -0.15) is 5.10 Å². The third-order valence-electron chi connectivity index (χ3n) is 4.30. The number of hydrogen-bond donors (Lipinski definition) is 0. The van der Waals surface area contributed by atoms with Crippen LogP contribution < -0.4 is 0 Å². The van der Waals surface area contributed by atoms with E-state index in [1.54, 1.807) is 12.3 Å². The topological polar surface area (TPSA) is 44.9 Å². The van der Waals surface area contributed by atoms with E-state index in [0.29, 0.717) is 11.6 Å². The van der Waals surface area contributed by atoms with Crippen LogP contribution in [-0.2, 0) is 11.8 Å². The van der Waals surface area contributed by atoms with Crippen LogP contribution in [0.5, 0.6) is 0 Å². The Kier molecular flexibility index (Phi) is 3.18. The molecule has 114 valence electrons. The molecule has 0 N–H and O–H groups in total. The predicted molar refractivity (Wildman–Crippen MR) is 81.0 cm³/mol. The van der Waals surface area contributed by atoms with Crippen molar-refractivity contribution in [2.24, 2.45) is 7.05 Å². The molecule has 22 heavy (non-hydrogen) atoms. The highest BCUT2D eigenvalue weighted by atomic mass is 19.1. The first-order valence-corrected chi connectivity index (χ1v) is 7.48. The normalized spacial score (nSPS) is 16.5. The lowest BCUT2D eigenvalue weighted by Gasteiger charge is -2.24. The monoisotopic (exact) mass is 300 g/mol. The smallest absolute Gasteiger partial charge is 0.159 e. The second-order valence-electron chi connectivity index (χ2n) is 5.61. The molecule has 2 aromatic heterocycles. The fourth-order valence-corrected chi connectivity index (χ4v) is 3.12. The van der Waals surface area contributed by atoms with Gasteiger partial charge in [0.25, 0.3) is 0 Å². The minimum Gasteiger partial charge on any atom is -0.381 e. The van der Waals surface area contributed by atoms with Crippen molar-refractivity contribution in [2.45, 2.75) is 18.9 Å².